The van der Waals surface area contributed by atoms with Gasteiger partial charge in [0.15, 0.2) is 0 Å². The fourth-order valence-electron chi connectivity index (χ4n) is 1.47. The van der Waals surface area contributed by atoms with Crippen LogP contribution in [-0.4, -0.2) is 40.7 Å². The first-order chi connectivity index (χ1) is 7.42. The van der Waals surface area contributed by atoms with Gasteiger partial charge in [0, 0.05) is 13.1 Å². The number of nitrogens with zero attached hydrogens (tertiary/aromatic N) is 1. The molecule has 1 fully saturated rings. The molecule has 0 bridgehead atoms. The predicted octanol–water partition coefficient (Wildman–Crippen LogP) is 1.16. The van der Waals surface area contributed by atoms with Crippen molar-refractivity contribution in [1.82, 2.24) is 10.2 Å². The van der Waals surface area contributed by atoms with Crippen molar-refractivity contribution in [2.45, 2.75) is 24.6 Å². The van der Waals surface area contributed by atoms with Gasteiger partial charge in [-0.3, -0.25) is 9.59 Å². The molecule has 1 aliphatic rings. The molecule has 0 saturated heterocycles. The molecule has 1 aliphatic carbocycles. The molecule has 0 spiro atoms. The van der Waals surface area contributed by atoms with Gasteiger partial charge >= 0.3 is 0 Å². The molecule has 0 aromatic heterocycles. The van der Waals surface area contributed by atoms with Crippen molar-refractivity contribution >= 4 is 35.0 Å². The lowest BCUT2D eigenvalue weighted by atomic mass is 10.3. The van der Waals surface area contributed by atoms with Crippen LogP contribution in [0.4, 0.5) is 0 Å². The normalized spacial score (nSPS) is 21.4. The first-order valence-electron chi connectivity index (χ1n) is 5.35. The third-order valence-corrected chi connectivity index (χ3v) is 3.36. The lowest BCUT2D eigenvalue weighted by Gasteiger charge is -2.20. The van der Waals surface area contributed by atoms with Crippen LogP contribution in [0.3, 0.4) is 0 Å². The Labute approximate surface area is 105 Å². The molecular formula is C10H16Cl2N2O2. The molecule has 0 radical (unpaired) electrons. The Morgan fingerprint density at radius 1 is 1.44 bits per heavy atom. The Kier molecular flexibility index (Phi) is 4.44. The van der Waals surface area contributed by atoms with Crippen LogP contribution in [0.1, 0.15) is 20.3 Å². The Hall–Kier alpha value is -0.480. The number of hydrogen-bond donors (Lipinski definition) is 1. The van der Waals surface area contributed by atoms with E-state index in [1.165, 1.54) is 4.90 Å². The average molecular weight is 267 g/mol. The minimum absolute atomic E-state index is 0.0729. The molecule has 1 N–H and O–H groups in total. The topological polar surface area (TPSA) is 49.4 Å². The highest BCUT2D eigenvalue weighted by Gasteiger charge is 2.57. The molecule has 1 rings (SSSR count). The second-order valence-corrected chi connectivity index (χ2v) is 5.37. The standard InChI is InChI=1S/C10H16Cl2N2O2/c1-3-13-8(15)6-14(4-2)9(16)7-5-10(7,11)12/h7H,3-6H2,1-2H3,(H,13,15). The first kappa shape index (κ1) is 13.6. The minimum Gasteiger partial charge on any atom is -0.355 e. The summed E-state index contributed by atoms with van der Waals surface area (Å²) in [7, 11) is 0. The van der Waals surface area contributed by atoms with Gasteiger partial charge in [-0.05, 0) is 20.3 Å². The van der Waals surface area contributed by atoms with Crippen LogP contribution < -0.4 is 5.32 Å². The predicted molar refractivity (Wildman–Crippen MR) is 63.5 cm³/mol. The summed E-state index contributed by atoms with van der Waals surface area (Å²) in [5.74, 6) is -0.656. The fourth-order valence-corrected chi connectivity index (χ4v) is 1.97. The van der Waals surface area contributed by atoms with Gasteiger partial charge in [0.25, 0.3) is 0 Å². The Morgan fingerprint density at radius 3 is 2.38 bits per heavy atom. The zero-order chi connectivity index (χ0) is 12.3. The molecule has 4 nitrogen and oxygen atoms in total. The second-order valence-electron chi connectivity index (χ2n) is 3.82. The summed E-state index contributed by atoms with van der Waals surface area (Å²) in [5, 5.41) is 2.65. The molecule has 0 aromatic rings. The van der Waals surface area contributed by atoms with Gasteiger partial charge in [-0.25, -0.2) is 0 Å². The van der Waals surface area contributed by atoms with E-state index >= 15 is 0 Å². The summed E-state index contributed by atoms with van der Waals surface area (Å²) < 4.78 is -0.925. The third kappa shape index (κ3) is 3.25. The maximum Gasteiger partial charge on any atom is 0.239 e. The molecular weight excluding hydrogens is 251 g/mol. The number of halogens is 2. The van der Waals surface area contributed by atoms with Gasteiger partial charge in [-0.2, -0.15) is 0 Å². The third-order valence-electron chi connectivity index (χ3n) is 2.53. The van der Waals surface area contributed by atoms with Crippen molar-refractivity contribution in [2.75, 3.05) is 19.6 Å². The fraction of sp³-hybridized carbons (Fsp3) is 0.800. The highest BCUT2D eigenvalue weighted by atomic mass is 35.5. The van der Waals surface area contributed by atoms with Gasteiger partial charge in [0.1, 0.15) is 4.33 Å². The summed E-state index contributed by atoms with van der Waals surface area (Å²) in [6, 6.07) is 0. The van der Waals surface area contributed by atoms with E-state index in [1.54, 1.807) is 0 Å². The van der Waals surface area contributed by atoms with Crippen molar-refractivity contribution in [3.8, 4) is 0 Å². The maximum absolute atomic E-state index is 11.9. The zero-order valence-electron chi connectivity index (χ0n) is 9.43. The molecule has 92 valence electrons. The van der Waals surface area contributed by atoms with Gasteiger partial charge in [0.2, 0.25) is 11.8 Å². The monoisotopic (exact) mass is 266 g/mol. The van der Waals surface area contributed by atoms with Gasteiger partial charge < -0.3 is 10.2 Å². The SMILES string of the molecule is CCNC(=O)CN(CC)C(=O)C1CC1(Cl)Cl. The number of carbonyl (C=O) groups excluding carboxylic acids is 2. The zero-order valence-corrected chi connectivity index (χ0v) is 10.9. The lowest BCUT2D eigenvalue weighted by molar-refractivity contribution is -0.136. The van der Waals surface area contributed by atoms with Crippen LogP contribution in [0.2, 0.25) is 0 Å². The van der Waals surface area contributed by atoms with Crippen molar-refractivity contribution in [2.24, 2.45) is 5.92 Å². The quantitative estimate of drug-likeness (QED) is 0.760. The maximum atomic E-state index is 11.9. The largest absolute Gasteiger partial charge is 0.355 e. The van der Waals surface area contributed by atoms with E-state index in [1.807, 2.05) is 13.8 Å². The van der Waals surface area contributed by atoms with Crippen LogP contribution in [-0.2, 0) is 9.59 Å². The second kappa shape index (κ2) is 5.23. The van der Waals surface area contributed by atoms with Crippen molar-refractivity contribution in [3.05, 3.63) is 0 Å². The Balaban J connectivity index is 2.48. The van der Waals surface area contributed by atoms with Crippen molar-refractivity contribution in [3.63, 3.8) is 0 Å². The number of likely N-dealkylation sites (N-methyl/N-ethyl adjacent to an activating group) is 2. The number of carbonyl (C=O) groups is 2. The summed E-state index contributed by atoms with van der Waals surface area (Å²) >= 11 is 11.6. The molecule has 0 aliphatic heterocycles. The Bertz CT molecular complexity index is 295. The van der Waals surface area contributed by atoms with Gasteiger partial charge in [0.05, 0.1) is 12.5 Å². The number of hydrogen-bond acceptors (Lipinski definition) is 2. The Morgan fingerprint density at radius 2 is 2.00 bits per heavy atom. The van der Waals surface area contributed by atoms with E-state index in [0.29, 0.717) is 19.5 Å². The van der Waals surface area contributed by atoms with E-state index in [2.05, 4.69) is 5.32 Å². The van der Waals surface area contributed by atoms with E-state index < -0.39 is 4.33 Å². The van der Waals surface area contributed by atoms with Crippen LogP contribution in [0.25, 0.3) is 0 Å². The summed E-state index contributed by atoms with van der Waals surface area (Å²) in [5.41, 5.74) is 0. The molecule has 1 saturated carbocycles. The summed E-state index contributed by atoms with van der Waals surface area (Å²) in [6.07, 6.45) is 0.473. The number of amides is 2. The lowest BCUT2D eigenvalue weighted by Crippen LogP contribution is -2.41. The van der Waals surface area contributed by atoms with Crippen LogP contribution in [0.5, 0.6) is 0 Å². The van der Waals surface area contributed by atoms with E-state index in [9.17, 15) is 9.59 Å². The highest BCUT2D eigenvalue weighted by molar-refractivity contribution is 6.52. The molecule has 1 unspecified atom stereocenters. The van der Waals surface area contributed by atoms with Crippen LogP contribution in [0, 0.1) is 5.92 Å². The van der Waals surface area contributed by atoms with E-state index in [4.69, 9.17) is 23.2 Å². The molecule has 6 heteroatoms. The van der Waals surface area contributed by atoms with Crippen LogP contribution in [0.15, 0.2) is 0 Å². The number of rotatable bonds is 5. The van der Waals surface area contributed by atoms with E-state index in [0.717, 1.165) is 0 Å². The number of alkyl halides is 2. The van der Waals surface area contributed by atoms with Crippen molar-refractivity contribution < 1.29 is 9.59 Å². The first-order valence-corrected chi connectivity index (χ1v) is 6.11. The average Bonchev–Trinajstić information content (AvgIpc) is 2.83. The van der Waals surface area contributed by atoms with Gasteiger partial charge in [-0.15, -0.1) is 23.2 Å². The molecule has 0 aromatic carbocycles. The minimum atomic E-state index is -0.925. The number of nitrogens with one attached hydrogen (secondary N) is 1. The van der Waals surface area contributed by atoms with E-state index in [-0.39, 0.29) is 24.3 Å². The molecule has 2 amide bonds. The summed E-state index contributed by atoms with van der Waals surface area (Å²) in [4.78, 5) is 24.7. The molecule has 1 atom stereocenters. The smallest absolute Gasteiger partial charge is 0.239 e. The van der Waals surface area contributed by atoms with Crippen molar-refractivity contribution in [1.29, 1.82) is 0 Å². The van der Waals surface area contributed by atoms with Crippen LogP contribution >= 0.6 is 23.2 Å². The van der Waals surface area contributed by atoms with Gasteiger partial charge in [-0.1, -0.05) is 0 Å². The summed E-state index contributed by atoms with van der Waals surface area (Å²) in [6.45, 7) is 4.77. The highest BCUT2D eigenvalue weighted by Crippen LogP contribution is 2.53. The molecule has 16 heavy (non-hydrogen) atoms. The molecule has 0 heterocycles.